The molecule has 94 valence electrons. The Morgan fingerprint density at radius 2 is 1.95 bits per heavy atom. The van der Waals surface area contributed by atoms with Gasteiger partial charge in [-0.2, -0.15) is 5.26 Å². The maximum absolute atomic E-state index is 9.02. The van der Waals surface area contributed by atoms with Gasteiger partial charge >= 0.3 is 0 Å². The largest absolute Gasteiger partial charge is 0.496 e. The van der Waals surface area contributed by atoms with Crippen LogP contribution in [0.4, 0.5) is 0 Å². The zero-order chi connectivity index (χ0) is 13.8. The molecule has 0 atom stereocenters. The molecule has 0 aliphatic heterocycles. The van der Waals surface area contributed by atoms with E-state index in [-0.39, 0.29) is 4.99 Å². The van der Waals surface area contributed by atoms with Gasteiger partial charge in [0.25, 0.3) is 0 Å². The number of ether oxygens (including phenoxy) is 1. The molecule has 0 radical (unpaired) electrons. The molecule has 0 amide bonds. The maximum Gasteiger partial charge on any atom is 0.126 e. The molecule has 0 saturated carbocycles. The lowest BCUT2D eigenvalue weighted by Gasteiger charge is -2.08. The highest BCUT2D eigenvalue weighted by atomic mass is 32.1. The summed E-state index contributed by atoms with van der Waals surface area (Å²) in [5, 5.41) is 11.0. The van der Waals surface area contributed by atoms with Crippen LogP contribution in [-0.2, 0) is 0 Å². The van der Waals surface area contributed by atoms with Crippen molar-refractivity contribution in [3.05, 3.63) is 47.5 Å². The van der Waals surface area contributed by atoms with Gasteiger partial charge in [0, 0.05) is 5.39 Å². The van der Waals surface area contributed by atoms with Crippen LogP contribution in [0, 0.1) is 11.3 Å². The zero-order valence-corrected chi connectivity index (χ0v) is 11.2. The van der Waals surface area contributed by atoms with E-state index in [1.807, 2.05) is 42.5 Å². The fourth-order valence-electron chi connectivity index (χ4n) is 1.91. The molecule has 0 aromatic heterocycles. The molecule has 0 bridgehead atoms. The lowest BCUT2D eigenvalue weighted by Crippen LogP contribution is -2.09. The van der Waals surface area contributed by atoms with Crippen LogP contribution in [0.15, 0.2) is 42.0 Å². The van der Waals surface area contributed by atoms with Gasteiger partial charge in [-0.15, -0.1) is 0 Å². The van der Waals surface area contributed by atoms with Crippen molar-refractivity contribution >= 4 is 34.1 Å². The minimum absolute atomic E-state index is 0.0994. The summed E-state index contributed by atoms with van der Waals surface area (Å²) in [5.74, 6) is 0.793. The van der Waals surface area contributed by atoms with Gasteiger partial charge in [0.05, 0.1) is 12.7 Å². The minimum Gasteiger partial charge on any atom is -0.496 e. The predicted molar refractivity (Wildman–Crippen MR) is 80.9 cm³/mol. The molecule has 0 saturated heterocycles. The van der Waals surface area contributed by atoms with E-state index in [1.165, 1.54) is 0 Å². The third kappa shape index (κ3) is 2.56. The van der Waals surface area contributed by atoms with Gasteiger partial charge in [-0.25, -0.2) is 0 Å². The summed E-state index contributed by atoms with van der Waals surface area (Å²) in [5.41, 5.74) is 6.70. The zero-order valence-electron chi connectivity index (χ0n) is 10.4. The molecule has 3 nitrogen and oxygen atoms in total. The molecule has 0 aliphatic carbocycles. The summed E-state index contributed by atoms with van der Waals surface area (Å²) >= 11 is 4.85. The molecule has 0 unspecified atom stereocenters. The lowest BCUT2D eigenvalue weighted by molar-refractivity contribution is 0.420. The summed E-state index contributed by atoms with van der Waals surface area (Å²) in [6.45, 7) is 0. The Kier molecular flexibility index (Phi) is 3.79. The predicted octanol–water partition coefficient (Wildman–Crippen LogP) is 3.04. The van der Waals surface area contributed by atoms with Crippen LogP contribution in [0.3, 0.4) is 0 Å². The molecule has 2 N–H and O–H groups in total. The van der Waals surface area contributed by atoms with Crippen LogP contribution in [0.5, 0.6) is 5.75 Å². The number of fused-ring (bicyclic) bond motifs is 1. The molecule has 19 heavy (non-hydrogen) atoms. The van der Waals surface area contributed by atoms with Crippen molar-refractivity contribution in [1.29, 1.82) is 5.26 Å². The van der Waals surface area contributed by atoms with Gasteiger partial charge in [-0.3, -0.25) is 0 Å². The van der Waals surface area contributed by atoms with E-state index in [2.05, 4.69) is 0 Å². The van der Waals surface area contributed by atoms with Crippen LogP contribution in [0.2, 0.25) is 0 Å². The highest BCUT2D eigenvalue weighted by Gasteiger charge is 2.06. The second kappa shape index (κ2) is 5.51. The number of nitrogens with zero attached hydrogens (tertiary/aromatic N) is 1. The van der Waals surface area contributed by atoms with Crippen molar-refractivity contribution in [1.82, 2.24) is 0 Å². The molecule has 0 aliphatic rings. The van der Waals surface area contributed by atoms with Crippen LogP contribution < -0.4 is 10.5 Å². The Bertz CT molecular complexity index is 714. The number of methoxy groups -OCH3 is 1. The Morgan fingerprint density at radius 1 is 1.26 bits per heavy atom. The van der Waals surface area contributed by atoms with E-state index < -0.39 is 0 Å². The van der Waals surface area contributed by atoms with Crippen molar-refractivity contribution in [3.63, 3.8) is 0 Å². The van der Waals surface area contributed by atoms with E-state index >= 15 is 0 Å². The van der Waals surface area contributed by atoms with Crippen molar-refractivity contribution < 1.29 is 4.74 Å². The van der Waals surface area contributed by atoms with Crippen molar-refractivity contribution in [3.8, 4) is 11.8 Å². The standard InChI is InChI=1S/C15H12N2OS/c1-18-14-7-6-10(8-11(9-16)15(17)19)12-4-2-3-5-13(12)14/h2-8H,1H3,(H2,17,19)/b11-8+. The van der Waals surface area contributed by atoms with Gasteiger partial charge in [0.15, 0.2) is 0 Å². The number of rotatable bonds is 3. The number of benzene rings is 2. The smallest absolute Gasteiger partial charge is 0.126 e. The van der Waals surface area contributed by atoms with Gasteiger partial charge in [-0.1, -0.05) is 42.5 Å². The second-order valence-corrected chi connectivity index (χ2v) is 4.38. The fraction of sp³-hybridized carbons (Fsp3) is 0.0667. The summed E-state index contributed by atoms with van der Waals surface area (Å²) in [7, 11) is 1.63. The van der Waals surface area contributed by atoms with Crippen LogP contribution in [-0.4, -0.2) is 12.1 Å². The van der Waals surface area contributed by atoms with Gasteiger partial charge in [0.1, 0.15) is 16.8 Å². The first-order chi connectivity index (χ1) is 9.17. The monoisotopic (exact) mass is 268 g/mol. The van der Waals surface area contributed by atoms with Crippen molar-refractivity contribution in [2.75, 3.05) is 7.11 Å². The Morgan fingerprint density at radius 3 is 2.53 bits per heavy atom. The molecule has 2 aromatic carbocycles. The van der Waals surface area contributed by atoms with Crippen LogP contribution in [0.25, 0.3) is 16.8 Å². The normalized spacial score (nSPS) is 11.1. The number of nitriles is 1. The summed E-state index contributed by atoms with van der Waals surface area (Å²) in [6, 6.07) is 13.6. The van der Waals surface area contributed by atoms with E-state index in [0.29, 0.717) is 5.57 Å². The van der Waals surface area contributed by atoms with Crippen LogP contribution >= 0.6 is 12.2 Å². The van der Waals surface area contributed by atoms with Crippen molar-refractivity contribution in [2.24, 2.45) is 5.73 Å². The third-order valence-electron chi connectivity index (χ3n) is 2.82. The van der Waals surface area contributed by atoms with Crippen LogP contribution in [0.1, 0.15) is 5.56 Å². The van der Waals surface area contributed by atoms with Gasteiger partial charge in [0.2, 0.25) is 0 Å². The average molecular weight is 268 g/mol. The summed E-state index contributed by atoms with van der Waals surface area (Å²) in [4.78, 5) is 0.0994. The SMILES string of the molecule is COc1ccc(/C=C(\C#N)C(N)=S)c2ccccc12. The Hall–Kier alpha value is -2.38. The van der Waals surface area contributed by atoms with Crippen molar-refractivity contribution in [2.45, 2.75) is 0 Å². The molecular formula is C15H12N2OS. The highest BCUT2D eigenvalue weighted by molar-refractivity contribution is 7.80. The first-order valence-corrected chi connectivity index (χ1v) is 6.05. The number of hydrogen-bond acceptors (Lipinski definition) is 3. The average Bonchev–Trinajstić information content (AvgIpc) is 2.44. The maximum atomic E-state index is 9.02. The topological polar surface area (TPSA) is 59.0 Å². The number of nitrogens with two attached hydrogens (primary N) is 1. The molecule has 2 aromatic rings. The Labute approximate surface area is 116 Å². The summed E-state index contributed by atoms with van der Waals surface area (Å²) < 4.78 is 5.33. The second-order valence-electron chi connectivity index (χ2n) is 3.94. The van der Waals surface area contributed by atoms with Gasteiger partial charge < -0.3 is 10.5 Å². The van der Waals surface area contributed by atoms with E-state index in [0.717, 1.165) is 22.1 Å². The van der Waals surface area contributed by atoms with E-state index in [1.54, 1.807) is 13.2 Å². The summed E-state index contributed by atoms with van der Waals surface area (Å²) in [6.07, 6.45) is 1.70. The molecule has 2 rings (SSSR count). The van der Waals surface area contributed by atoms with E-state index in [4.69, 9.17) is 28.0 Å². The fourth-order valence-corrected chi connectivity index (χ4v) is 2.02. The molecular weight excluding hydrogens is 256 g/mol. The first-order valence-electron chi connectivity index (χ1n) is 5.64. The highest BCUT2D eigenvalue weighted by Crippen LogP contribution is 2.29. The lowest BCUT2D eigenvalue weighted by atomic mass is 10.0. The third-order valence-corrected chi connectivity index (χ3v) is 3.04. The molecule has 4 heteroatoms. The number of hydrogen-bond donors (Lipinski definition) is 1. The quantitative estimate of drug-likeness (QED) is 0.528. The molecule has 0 spiro atoms. The Balaban J connectivity index is 2.70. The number of thiocarbonyl (C=S) groups is 1. The molecule has 0 fully saturated rings. The first kappa shape index (κ1) is 13.1. The van der Waals surface area contributed by atoms with E-state index in [9.17, 15) is 0 Å². The minimum atomic E-state index is 0.0994. The van der Waals surface area contributed by atoms with Gasteiger partial charge in [-0.05, 0) is 23.1 Å². The molecule has 0 heterocycles.